The van der Waals surface area contributed by atoms with E-state index >= 15 is 0 Å². The monoisotopic (exact) mass is 561 g/mol. The second-order valence-electron chi connectivity index (χ2n) is 11.2. The highest BCUT2D eigenvalue weighted by atomic mass is 16.2. The van der Waals surface area contributed by atoms with Crippen LogP contribution in [0.25, 0.3) is 22.4 Å². The molecule has 0 spiro atoms. The zero-order valence-electron chi connectivity index (χ0n) is 24.7. The smallest absolute Gasteiger partial charge is 0.254 e. The molecule has 4 aromatic rings. The predicted molar refractivity (Wildman–Crippen MR) is 168 cm³/mol. The Labute approximate surface area is 248 Å². The molecule has 2 amide bonds. The molecule has 1 fully saturated rings. The number of piperazine rings is 1. The zero-order chi connectivity index (χ0) is 29.5. The van der Waals surface area contributed by atoms with Gasteiger partial charge in [-0.15, -0.1) is 10.2 Å². The summed E-state index contributed by atoms with van der Waals surface area (Å²) in [5.41, 5.74) is 5.92. The average Bonchev–Trinajstić information content (AvgIpc) is 3.05. The minimum absolute atomic E-state index is 0.0150. The molecule has 2 heterocycles. The first-order valence-electron chi connectivity index (χ1n) is 14.8. The quantitative estimate of drug-likeness (QED) is 0.252. The third-order valence-corrected chi connectivity index (χ3v) is 8.04. The lowest BCUT2D eigenvalue weighted by Gasteiger charge is -2.36. The van der Waals surface area contributed by atoms with Gasteiger partial charge in [-0.2, -0.15) is 0 Å². The molecule has 216 valence electrons. The maximum absolute atomic E-state index is 13.3. The molecule has 3 aromatic carbocycles. The van der Waals surface area contributed by atoms with Crippen LogP contribution in [0, 0.1) is 12.8 Å². The predicted octanol–water partition coefficient (Wildman–Crippen LogP) is 5.96. The topological polar surface area (TPSA) is 69.6 Å². The normalized spacial score (nSPS) is 14.0. The third-order valence-electron chi connectivity index (χ3n) is 8.04. The summed E-state index contributed by atoms with van der Waals surface area (Å²) in [6.07, 6.45) is 0.948. The van der Waals surface area contributed by atoms with Gasteiger partial charge in [-0.25, -0.2) is 0 Å². The molecule has 42 heavy (non-hydrogen) atoms. The molecule has 1 aliphatic rings. The maximum Gasteiger partial charge on any atom is 0.254 e. The van der Waals surface area contributed by atoms with Gasteiger partial charge in [0.05, 0.1) is 5.69 Å². The summed E-state index contributed by atoms with van der Waals surface area (Å²) in [6, 6.07) is 30.2. The van der Waals surface area contributed by atoms with Crippen molar-refractivity contribution in [3.05, 3.63) is 102 Å². The summed E-state index contributed by atoms with van der Waals surface area (Å²) >= 11 is 0. The lowest BCUT2D eigenvalue weighted by atomic mass is 10.0. The van der Waals surface area contributed by atoms with Crippen LogP contribution in [0.4, 0.5) is 5.82 Å². The molecule has 7 nitrogen and oxygen atoms in total. The minimum Gasteiger partial charge on any atom is -0.352 e. The second kappa shape index (κ2) is 13.4. The van der Waals surface area contributed by atoms with Crippen LogP contribution >= 0.6 is 0 Å². The molecule has 1 unspecified atom stereocenters. The van der Waals surface area contributed by atoms with Gasteiger partial charge in [-0.1, -0.05) is 92.6 Å². The van der Waals surface area contributed by atoms with Gasteiger partial charge in [0.25, 0.3) is 5.91 Å². The first-order valence-corrected chi connectivity index (χ1v) is 14.8. The van der Waals surface area contributed by atoms with Crippen LogP contribution in [0.15, 0.2) is 91.0 Å². The number of carbonyl (C=O) groups excluding carboxylic acids is 2. The summed E-state index contributed by atoms with van der Waals surface area (Å²) in [6.45, 7) is 9.38. The van der Waals surface area contributed by atoms with Gasteiger partial charge >= 0.3 is 0 Å². The van der Waals surface area contributed by atoms with E-state index in [4.69, 9.17) is 0 Å². The number of hydrogen-bond donors (Lipinski definition) is 0. The minimum atomic E-state index is -0.0904. The standard InChI is InChI=1S/C35H39N5O2/c1-4-26(2)24-40(35(42)31-12-10-27(3)11-13-31)25-34(41)39-22-20-38(21-23-39)33-19-18-32(36-37-33)30-16-14-29(15-17-30)28-8-6-5-7-9-28/h5-19,26H,4,20-25H2,1-3H3. The Bertz CT molecular complexity index is 1460. The van der Waals surface area contributed by atoms with Crippen LogP contribution in [0.5, 0.6) is 0 Å². The molecular formula is C35H39N5O2. The van der Waals surface area contributed by atoms with Crippen LogP contribution in [0.1, 0.15) is 36.2 Å². The number of carbonyl (C=O) groups is 2. The van der Waals surface area contributed by atoms with Gasteiger partial charge in [0.2, 0.25) is 5.91 Å². The Morgan fingerprint density at radius 1 is 0.786 bits per heavy atom. The molecule has 0 radical (unpaired) electrons. The van der Waals surface area contributed by atoms with E-state index in [1.54, 1.807) is 4.90 Å². The summed E-state index contributed by atoms with van der Waals surface area (Å²) in [4.78, 5) is 32.4. The van der Waals surface area contributed by atoms with E-state index in [1.807, 2.05) is 66.4 Å². The molecule has 0 saturated carbocycles. The lowest BCUT2D eigenvalue weighted by Crippen LogP contribution is -2.52. The molecule has 0 aliphatic carbocycles. The fourth-order valence-corrected chi connectivity index (χ4v) is 5.16. The van der Waals surface area contributed by atoms with Crippen molar-refractivity contribution in [3.63, 3.8) is 0 Å². The van der Waals surface area contributed by atoms with E-state index in [2.05, 4.69) is 65.3 Å². The summed E-state index contributed by atoms with van der Waals surface area (Å²) in [7, 11) is 0. The Balaban J connectivity index is 1.17. The Morgan fingerprint density at radius 2 is 1.43 bits per heavy atom. The van der Waals surface area contributed by atoms with Gasteiger partial charge in [0.1, 0.15) is 6.54 Å². The van der Waals surface area contributed by atoms with Crippen molar-refractivity contribution in [1.82, 2.24) is 20.0 Å². The van der Waals surface area contributed by atoms with E-state index in [-0.39, 0.29) is 18.4 Å². The fourth-order valence-electron chi connectivity index (χ4n) is 5.16. The van der Waals surface area contributed by atoms with E-state index < -0.39 is 0 Å². The maximum atomic E-state index is 13.3. The highest BCUT2D eigenvalue weighted by molar-refractivity contribution is 5.96. The van der Waals surface area contributed by atoms with Crippen molar-refractivity contribution in [1.29, 1.82) is 0 Å². The molecule has 1 saturated heterocycles. The molecule has 5 rings (SSSR count). The van der Waals surface area contributed by atoms with E-state index in [0.717, 1.165) is 29.1 Å². The van der Waals surface area contributed by atoms with Gasteiger partial charge in [-0.05, 0) is 48.2 Å². The number of nitrogens with zero attached hydrogens (tertiary/aromatic N) is 5. The number of amides is 2. The van der Waals surface area contributed by atoms with Crippen LogP contribution in [-0.2, 0) is 4.79 Å². The molecule has 1 atom stereocenters. The largest absolute Gasteiger partial charge is 0.352 e. The fraction of sp³-hybridized carbons (Fsp3) is 0.314. The van der Waals surface area contributed by atoms with Gasteiger partial charge in [-0.3, -0.25) is 9.59 Å². The van der Waals surface area contributed by atoms with Crippen molar-refractivity contribution >= 4 is 17.6 Å². The Kier molecular flexibility index (Phi) is 9.27. The van der Waals surface area contributed by atoms with E-state index in [9.17, 15) is 9.59 Å². The van der Waals surface area contributed by atoms with Crippen molar-refractivity contribution in [2.75, 3.05) is 44.2 Å². The number of benzene rings is 3. The van der Waals surface area contributed by atoms with Gasteiger partial charge in [0.15, 0.2) is 5.82 Å². The van der Waals surface area contributed by atoms with Crippen molar-refractivity contribution in [3.8, 4) is 22.4 Å². The van der Waals surface area contributed by atoms with Crippen LogP contribution in [0.2, 0.25) is 0 Å². The molecule has 0 N–H and O–H groups in total. The Morgan fingerprint density at radius 3 is 2.05 bits per heavy atom. The highest BCUT2D eigenvalue weighted by Gasteiger charge is 2.26. The van der Waals surface area contributed by atoms with Crippen LogP contribution in [0.3, 0.4) is 0 Å². The van der Waals surface area contributed by atoms with Gasteiger partial charge in [0, 0.05) is 43.9 Å². The molecule has 7 heteroatoms. The molecule has 1 aliphatic heterocycles. The van der Waals surface area contributed by atoms with Gasteiger partial charge < -0.3 is 14.7 Å². The zero-order valence-corrected chi connectivity index (χ0v) is 24.7. The van der Waals surface area contributed by atoms with E-state index in [1.165, 1.54) is 11.1 Å². The summed E-state index contributed by atoms with van der Waals surface area (Å²) in [5, 5.41) is 9.00. The third kappa shape index (κ3) is 7.03. The summed E-state index contributed by atoms with van der Waals surface area (Å²) < 4.78 is 0. The number of aromatic nitrogens is 2. The average molecular weight is 562 g/mol. The molecular weight excluding hydrogens is 522 g/mol. The van der Waals surface area contributed by atoms with Crippen molar-refractivity contribution < 1.29 is 9.59 Å². The lowest BCUT2D eigenvalue weighted by molar-refractivity contribution is -0.132. The first-order chi connectivity index (χ1) is 20.4. The highest BCUT2D eigenvalue weighted by Crippen LogP contribution is 2.24. The number of anilines is 1. The Hall–Kier alpha value is -4.52. The number of rotatable bonds is 9. The van der Waals surface area contributed by atoms with Crippen LogP contribution in [-0.4, -0.2) is 71.1 Å². The molecule has 0 bridgehead atoms. The number of aryl methyl sites for hydroxylation is 1. The molecule has 1 aromatic heterocycles. The van der Waals surface area contributed by atoms with Crippen molar-refractivity contribution in [2.24, 2.45) is 5.92 Å². The number of hydrogen-bond acceptors (Lipinski definition) is 5. The second-order valence-corrected chi connectivity index (χ2v) is 11.2. The van der Waals surface area contributed by atoms with Crippen LogP contribution < -0.4 is 4.90 Å². The van der Waals surface area contributed by atoms with Crippen molar-refractivity contribution in [2.45, 2.75) is 27.2 Å². The summed E-state index contributed by atoms with van der Waals surface area (Å²) in [5.74, 6) is 1.01. The SMILES string of the molecule is CCC(C)CN(CC(=O)N1CCN(c2ccc(-c3ccc(-c4ccccc4)cc3)nn2)CC1)C(=O)c1ccc(C)cc1. The van der Waals surface area contributed by atoms with E-state index in [0.29, 0.717) is 44.2 Å². The first kappa shape index (κ1) is 29.0.